The molecule has 0 saturated heterocycles. The molecule has 0 unspecified atom stereocenters. The van der Waals surface area contributed by atoms with Crippen molar-refractivity contribution in [3.63, 3.8) is 0 Å². The lowest BCUT2D eigenvalue weighted by Gasteiger charge is -2.09. The van der Waals surface area contributed by atoms with E-state index >= 15 is 0 Å². The van der Waals surface area contributed by atoms with Crippen LogP contribution in [0.25, 0.3) is 48.9 Å². The van der Waals surface area contributed by atoms with Crippen LogP contribution in [0.15, 0.2) is 91.0 Å². The van der Waals surface area contributed by atoms with Gasteiger partial charge in [-0.25, -0.2) is 0 Å². The maximum Gasteiger partial charge on any atom is 0.0547 e. The SMILES string of the molecule is c1ccc2c(c1)ccc1c2cc2c3ccccc3c3ccccc3n12. The minimum atomic E-state index is 1.27. The fourth-order valence-electron chi connectivity index (χ4n) is 4.26. The molecule has 0 fully saturated rings. The molecule has 0 amide bonds. The van der Waals surface area contributed by atoms with Crippen molar-refractivity contribution in [2.24, 2.45) is 0 Å². The Morgan fingerprint density at radius 3 is 1.84 bits per heavy atom. The second-order valence-corrected chi connectivity index (χ2v) is 6.65. The predicted octanol–water partition coefficient (Wildman–Crippen LogP) is 6.55. The first kappa shape index (κ1) is 13.0. The molecule has 0 bridgehead atoms. The zero-order chi connectivity index (χ0) is 16.4. The summed E-state index contributed by atoms with van der Waals surface area (Å²) in [6, 6.07) is 32.9. The zero-order valence-corrected chi connectivity index (χ0v) is 13.6. The van der Waals surface area contributed by atoms with E-state index in [9.17, 15) is 0 Å². The van der Waals surface area contributed by atoms with Crippen LogP contribution < -0.4 is 0 Å². The Labute approximate surface area is 144 Å². The number of fused-ring (bicyclic) bond motifs is 10. The average Bonchev–Trinajstić information content (AvgIpc) is 3.09. The number of rotatable bonds is 0. The Kier molecular flexibility index (Phi) is 2.40. The first-order chi connectivity index (χ1) is 12.4. The van der Waals surface area contributed by atoms with Crippen LogP contribution in [0.2, 0.25) is 0 Å². The lowest BCUT2D eigenvalue weighted by molar-refractivity contribution is 1.35. The number of para-hydroxylation sites is 1. The van der Waals surface area contributed by atoms with Gasteiger partial charge in [0.25, 0.3) is 0 Å². The molecule has 6 rings (SSSR count). The summed E-state index contributed by atoms with van der Waals surface area (Å²) in [6.45, 7) is 0. The highest BCUT2D eigenvalue weighted by Crippen LogP contribution is 2.36. The van der Waals surface area contributed by atoms with E-state index in [-0.39, 0.29) is 0 Å². The van der Waals surface area contributed by atoms with Crippen LogP contribution in [0.3, 0.4) is 0 Å². The molecule has 0 aliphatic heterocycles. The number of nitrogens with zero attached hydrogens (tertiary/aromatic N) is 1. The highest BCUT2D eigenvalue weighted by Gasteiger charge is 2.12. The standard InChI is InChI=1S/C24H15N/c1-2-8-17-16(7-1)13-14-23-21(17)15-24-20-11-4-3-9-18(20)19-10-5-6-12-22(19)25(23)24/h1-15H. The lowest BCUT2D eigenvalue weighted by Crippen LogP contribution is -1.90. The molecule has 0 aliphatic rings. The van der Waals surface area contributed by atoms with Gasteiger partial charge in [0, 0.05) is 16.2 Å². The van der Waals surface area contributed by atoms with Crippen molar-refractivity contribution in [2.75, 3.05) is 0 Å². The van der Waals surface area contributed by atoms with Gasteiger partial charge in [0.2, 0.25) is 0 Å². The van der Waals surface area contributed by atoms with Crippen LogP contribution in [-0.2, 0) is 0 Å². The van der Waals surface area contributed by atoms with Gasteiger partial charge in [-0.3, -0.25) is 0 Å². The van der Waals surface area contributed by atoms with E-state index in [0.29, 0.717) is 0 Å². The summed E-state index contributed by atoms with van der Waals surface area (Å²) in [5.74, 6) is 0. The summed E-state index contributed by atoms with van der Waals surface area (Å²) < 4.78 is 2.42. The molecule has 0 spiro atoms. The minimum Gasteiger partial charge on any atom is -0.309 e. The predicted molar refractivity (Wildman–Crippen MR) is 107 cm³/mol. The van der Waals surface area contributed by atoms with E-state index in [1.807, 2.05) is 0 Å². The summed E-state index contributed by atoms with van der Waals surface area (Å²) in [4.78, 5) is 0. The Morgan fingerprint density at radius 2 is 1.00 bits per heavy atom. The third kappa shape index (κ3) is 1.62. The molecule has 2 heterocycles. The lowest BCUT2D eigenvalue weighted by atomic mass is 10.0. The summed E-state index contributed by atoms with van der Waals surface area (Å²) in [5.41, 5.74) is 3.82. The molecule has 0 radical (unpaired) electrons. The van der Waals surface area contributed by atoms with Gasteiger partial charge in [-0.2, -0.15) is 0 Å². The third-order valence-electron chi connectivity index (χ3n) is 5.35. The quantitative estimate of drug-likeness (QED) is 0.280. The fraction of sp³-hybridized carbons (Fsp3) is 0. The molecule has 0 atom stereocenters. The average molecular weight is 317 g/mol. The van der Waals surface area contributed by atoms with Gasteiger partial charge in [-0.15, -0.1) is 0 Å². The maximum atomic E-state index is 2.42. The zero-order valence-electron chi connectivity index (χ0n) is 13.6. The molecule has 0 aliphatic carbocycles. The van der Waals surface area contributed by atoms with Crippen molar-refractivity contribution >= 4 is 48.9 Å². The molecule has 2 aromatic heterocycles. The summed E-state index contributed by atoms with van der Waals surface area (Å²) >= 11 is 0. The molecule has 25 heavy (non-hydrogen) atoms. The van der Waals surface area contributed by atoms with Crippen LogP contribution >= 0.6 is 0 Å². The monoisotopic (exact) mass is 317 g/mol. The van der Waals surface area contributed by atoms with Gasteiger partial charge >= 0.3 is 0 Å². The summed E-state index contributed by atoms with van der Waals surface area (Å²) in [6.07, 6.45) is 0. The second kappa shape index (κ2) is 4.61. The normalized spacial score (nSPS) is 12.0. The van der Waals surface area contributed by atoms with Gasteiger partial charge in [0.15, 0.2) is 0 Å². The molecule has 4 aromatic carbocycles. The Bertz CT molecular complexity index is 1440. The van der Waals surface area contributed by atoms with E-state index in [1.54, 1.807) is 0 Å². The van der Waals surface area contributed by atoms with Crippen molar-refractivity contribution in [3.8, 4) is 0 Å². The number of benzene rings is 4. The molecule has 116 valence electrons. The van der Waals surface area contributed by atoms with Gasteiger partial charge < -0.3 is 4.40 Å². The third-order valence-corrected chi connectivity index (χ3v) is 5.35. The maximum absolute atomic E-state index is 2.42. The Balaban J connectivity index is 2.01. The van der Waals surface area contributed by atoms with E-state index in [1.165, 1.54) is 48.9 Å². The highest BCUT2D eigenvalue weighted by molar-refractivity contribution is 6.18. The Hall–Kier alpha value is -3.32. The van der Waals surface area contributed by atoms with Crippen molar-refractivity contribution in [1.82, 2.24) is 4.40 Å². The van der Waals surface area contributed by atoms with Gasteiger partial charge in [-0.05, 0) is 34.4 Å². The molecular weight excluding hydrogens is 302 g/mol. The highest BCUT2D eigenvalue weighted by atomic mass is 14.9. The summed E-state index contributed by atoms with van der Waals surface area (Å²) in [7, 11) is 0. The first-order valence-electron chi connectivity index (χ1n) is 8.64. The molecule has 6 aromatic rings. The van der Waals surface area contributed by atoms with Crippen LogP contribution in [-0.4, -0.2) is 4.40 Å². The first-order valence-corrected chi connectivity index (χ1v) is 8.64. The van der Waals surface area contributed by atoms with E-state index < -0.39 is 0 Å². The number of pyridine rings is 1. The largest absolute Gasteiger partial charge is 0.309 e. The van der Waals surface area contributed by atoms with Crippen molar-refractivity contribution in [3.05, 3.63) is 91.0 Å². The topological polar surface area (TPSA) is 4.41 Å². The van der Waals surface area contributed by atoms with Crippen LogP contribution in [0, 0.1) is 0 Å². The second-order valence-electron chi connectivity index (χ2n) is 6.65. The molecule has 1 nitrogen and oxygen atoms in total. The van der Waals surface area contributed by atoms with Crippen LogP contribution in [0.4, 0.5) is 0 Å². The van der Waals surface area contributed by atoms with Crippen molar-refractivity contribution < 1.29 is 0 Å². The van der Waals surface area contributed by atoms with Crippen molar-refractivity contribution in [2.45, 2.75) is 0 Å². The van der Waals surface area contributed by atoms with E-state index in [2.05, 4.69) is 95.4 Å². The van der Waals surface area contributed by atoms with E-state index in [0.717, 1.165) is 0 Å². The van der Waals surface area contributed by atoms with Crippen LogP contribution in [0.5, 0.6) is 0 Å². The fourth-order valence-corrected chi connectivity index (χ4v) is 4.26. The molecule has 1 heteroatoms. The minimum absolute atomic E-state index is 1.27. The smallest absolute Gasteiger partial charge is 0.0547 e. The molecule has 0 N–H and O–H groups in total. The van der Waals surface area contributed by atoms with Crippen LogP contribution in [0.1, 0.15) is 0 Å². The van der Waals surface area contributed by atoms with Gasteiger partial charge in [-0.1, -0.05) is 72.8 Å². The summed E-state index contributed by atoms with van der Waals surface area (Å²) in [5, 5.41) is 7.85. The number of hydrogen-bond donors (Lipinski definition) is 0. The van der Waals surface area contributed by atoms with E-state index in [4.69, 9.17) is 0 Å². The molecular formula is C24H15N. The van der Waals surface area contributed by atoms with Crippen molar-refractivity contribution in [1.29, 1.82) is 0 Å². The Morgan fingerprint density at radius 1 is 0.400 bits per heavy atom. The number of aromatic nitrogens is 1. The van der Waals surface area contributed by atoms with Gasteiger partial charge in [0.05, 0.1) is 16.6 Å². The number of hydrogen-bond acceptors (Lipinski definition) is 0. The van der Waals surface area contributed by atoms with Gasteiger partial charge in [0.1, 0.15) is 0 Å². The molecule has 0 saturated carbocycles.